The van der Waals surface area contributed by atoms with Crippen LogP contribution >= 0.6 is 0 Å². The van der Waals surface area contributed by atoms with Crippen LogP contribution in [0.3, 0.4) is 0 Å². The number of amides is 10. The third-order valence-corrected chi connectivity index (χ3v) is 19.3. The molecule has 0 unspecified atom stereocenters. The van der Waals surface area contributed by atoms with Crippen molar-refractivity contribution >= 4 is 105 Å². The van der Waals surface area contributed by atoms with E-state index in [-0.39, 0.29) is 146 Å². The van der Waals surface area contributed by atoms with Crippen molar-refractivity contribution in [2.75, 3.05) is 53.4 Å². The van der Waals surface area contributed by atoms with Crippen LogP contribution in [0.5, 0.6) is 11.5 Å². The Labute approximate surface area is 630 Å². The molecule has 0 radical (unpaired) electrons. The van der Waals surface area contributed by atoms with Crippen LogP contribution in [0.1, 0.15) is 92.9 Å². The smallest absolute Gasteiger partial charge is 0.243 e. The van der Waals surface area contributed by atoms with Gasteiger partial charge in [-0.2, -0.15) is 0 Å². The number of rotatable bonds is 30. The Hall–Kier alpha value is -12.1. The van der Waals surface area contributed by atoms with Crippen LogP contribution in [0.4, 0.5) is 0 Å². The monoisotopic (exact) mass is 1500 g/mol. The van der Waals surface area contributed by atoms with Crippen molar-refractivity contribution in [2.45, 2.75) is 144 Å². The van der Waals surface area contributed by atoms with Crippen LogP contribution in [-0.4, -0.2) is 205 Å². The second-order valence-corrected chi connectivity index (χ2v) is 27.4. The molecule has 0 aliphatic carbocycles. The molecule has 2 aliphatic heterocycles. The van der Waals surface area contributed by atoms with E-state index in [4.69, 9.17) is 22.3 Å². The Morgan fingerprint density at radius 3 is 1.16 bits per heavy atom. The number of aldehydes is 2. The number of guanidine groups is 2. The number of nitrogens with two attached hydrogens (primary N) is 2. The van der Waals surface area contributed by atoms with Crippen LogP contribution < -0.4 is 75.3 Å². The van der Waals surface area contributed by atoms with Crippen LogP contribution in [0.25, 0.3) is 21.5 Å². The summed E-state index contributed by atoms with van der Waals surface area (Å²) in [5.74, 6) is -7.85. The van der Waals surface area contributed by atoms with E-state index >= 15 is 0 Å². The fourth-order valence-electron chi connectivity index (χ4n) is 13.3. The van der Waals surface area contributed by atoms with Crippen molar-refractivity contribution in [1.29, 1.82) is 10.8 Å². The van der Waals surface area contributed by atoms with Gasteiger partial charge in [-0.05, 0) is 140 Å². The lowest BCUT2D eigenvalue weighted by atomic mass is 9.95. The molecule has 109 heavy (non-hydrogen) atoms. The molecule has 6 aromatic carbocycles. The topological polar surface area (TPSA) is 496 Å². The summed E-state index contributed by atoms with van der Waals surface area (Å²) in [4.78, 5) is 172. The summed E-state index contributed by atoms with van der Waals surface area (Å²) in [5.41, 5.74) is 9.34. The Kier molecular flexibility index (Phi) is 30.3. The molecule has 0 saturated carbocycles. The fraction of sp³-hybridized carbons (Fsp3) is 0.403. The molecule has 580 valence electrons. The van der Waals surface area contributed by atoms with E-state index in [9.17, 15) is 67.7 Å². The second-order valence-electron chi connectivity index (χ2n) is 27.4. The second kappa shape index (κ2) is 40.1. The van der Waals surface area contributed by atoms with Crippen molar-refractivity contribution in [3.8, 4) is 11.5 Å². The first-order valence-electron chi connectivity index (χ1n) is 36.2. The summed E-state index contributed by atoms with van der Waals surface area (Å²) in [7, 11) is 2.86. The van der Waals surface area contributed by atoms with Crippen molar-refractivity contribution in [1.82, 2.24) is 73.6 Å². The summed E-state index contributed by atoms with van der Waals surface area (Å²) < 4.78 is 0. The average Bonchev–Trinajstić information content (AvgIpc) is 0.794. The number of hydrogen-bond donors (Lipinski definition) is 18. The van der Waals surface area contributed by atoms with Gasteiger partial charge in [0.1, 0.15) is 35.7 Å². The highest BCUT2D eigenvalue weighted by molar-refractivity contribution is 5.97. The zero-order valence-electron chi connectivity index (χ0n) is 61.0. The summed E-state index contributed by atoms with van der Waals surface area (Å²) in [6, 6.07) is 30.1. The van der Waals surface area contributed by atoms with E-state index in [0.29, 0.717) is 34.8 Å². The number of nitrogens with zero attached hydrogens (tertiary/aromatic N) is 2. The molecule has 6 aromatic rings. The Balaban J connectivity index is 0.938. The highest BCUT2D eigenvalue weighted by Gasteiger charge is 2.46. The lowest BCUT2D eigenvalue weighted by Gasteiger charge is -2.42. The number of carbonyl (C=O) groups is 12. The highest BCUT2D eigenvalue weighted by Crippen LogP contribution is 2.27. The molecule has 20 N–H and O–H groups in total. The minimum atomic E-state index is -2.01. The number of phenolic OH excluding ortho intramolecular Hbond substituents is 2. The van der Waals surface area contributed by atoms with Gasteiger partial charge in [0, 0.05) is 64.7 Å². The summed E-state index contributed by atoms with van der Waals surface area (Å²) in [6.07, 6.45) is 0.549. The van der Waals surface area contributed by atoms with E-state index < -0.39 is 120 Å². The van der Waals surface area contributed by atoms with E-state index in [2.05, 4.69) is 63.8 Å². The van der Waals surface area contributed by atoms with Gasteiger partial charge in [-0.3, -0.25) is 78.2 Å². The summed E-state index contributed by atoms with van der Waals surface area (Å²) in [5, 5.41) is 72.3. The zero-order chi connectivity index (χ0) is 78.6. The van der Waals surface area contributed by atoms with E-state index in [1.54, 1.807) is 0 Å². The van der Waals surface area contributed by atoms with E-state index in [1.807, 2.05) is 84.9 Å². The molecule has 2 aliphatic rings. The SMILES string of the molecule is CN1[C@H](CCCNC(=O)CCCC(=O)NCCC[C@@H]2C(=O)N[C@@H](CCCNC(=N)N)C(=O)N[C@@H](Cc3ccc4ccccc4c3)C(=O)NCC(=O)N[C@](C=O)(Cc3ccc(O)cc3)N2C)C(=O)N[C@@H](CCCNC(=N)N)C(=O)N[C@@H](Cc2ccc3ccccc3c2)C(=O)NCC(=O)N[C@]1(C=O)Cc1ccc(O)cc1. The van der Waals surface area contributed by atoms with Gasteiger partial charge < -0.3 is 85.5 Å². The number of benzene rings is 6. The normalized spacial score (nSPS) is 21.6. The van der Waals surface area contributed by atoms with Crippen LogP contribution in [0, 0.1) is 10.8 Å². The first kappa shape index (κ1) is 82.6. The third-order valence-electron chi connectivity index (χ3n) is 19.3. The van der Waals surface area contributed by atoms with E-state index in [1.165, 1.54) is 72.4 Å². The zero-order valence-corrected chi connectivity index (χ0v) is 61.0. The van der Waals surface area contributed by atoms with Gasteiger partial charge >= 0.3 is 0 Å². The minimum absolute atomic E-state index is 0.0190. The first-order valence-corrected chi connectivity index (χ1v) is 36.2. The van der Waals surface area contributed by atoms with Crippen LogP contribution in [-0.2, 0) is 83.2 Å². The first-order chi connectivity index (χ1) is 52.3. The molecule has 8 rings (SSSR count). The molecular weight excluding hydrogens is 1400 g/mol. The number of nitrogens with one attached hydrogen (secondary N) is 14. The summed E-state index contributed by atoms with van der Waals surface area (Å²) in [6.45, 7) is -1.09. The Bertz CT molecular complexity index is 3990. The number of fused-ring (bicyclic) bond motifs is 2. The number of aromatic hydroxyl groups is 2. The molecule has 10 amide bonds. The van der Waals surface area contributed by atoms with Crippen molar-refractivity contribution in [3.63, 3.8) is 0 Å². The minimum Gasteiger partial charge on any atom is -0.508 e. The molecule has 0 spiro atoms. The highest BCUT2D eigenvalue weighted by atomic mass is 16.3. The predicted molar refractivity (Wildman–Crippen MR) is 406 cm³/mol. The lowest BCUT2D eigenvalue weighted by Crippen LogP contribution is -2.68. The van der Waals surface area contributed by atoms with Gasteiger partial charge in [0.15, 0.2) is 35.8 Å². The standard InChI is InChI=1S/C77H98N18O14/c1-94-62(72(108)88-58(16-8-36-84-74(78)79)70(106)90-60(40-50-22-28-52-12-3-5-14-54(52)38-50)68(104)86-44-66(102)92-76(94,46-96)42-48-24-30-56(98)31-25-48)18-10-34-82-64(100)20-7-21-65(101)83-35-11-19-63-73(109)89-59(17-9-37-85-75(80)81)71(107)91-61(41-51-23-29-53-13-4-6-15-55(53)39-51)69(105)87-45-67(103)93-77(47-97,95(63)2)43-49-26-32-57(99)33-27-49/h3-6,12-15,22-33,38-39,46-47,58-63,98-99H,7-11,16-21,34-37,40-45H2,1-2H3,(H,82,100)(H,83,101)(H,86,104)(H,87,105)(H,88,108)(H,89,109)(H,90,106)(H,91,107)(H,92,102)(H,93,103)(H4,78,79,84)(H4,80,81,85)/t58-,59-,60-,61-,62+,63+,76+,77+/m0/s1. The maximum Gasteiger partial charge on any atom is 0.243 e. The van der Waals surface area contributed by atoms with Gasteiger partial charge in [-0.25, -0.2) is 0 Å². The van der Waals surface area contributed by atoms with Gasteiger partial charge in [0.25, 0.3) is 0 Å². The van der Waals surface area contributed by atoms with Crippen LogP contribution in [0.2, 0.25) is 0 Å². The van der Waals surface area contributed by atoms with E-state index in [0.717, 1.165) is 21.5 Å². The summed E-state index contributed by atoms with van der Waals surface area (Å²) >= 11 is 0. The van der Waals surface area contributed by atoms with Gasteiger partial charge in [0.2, 0.25) is 59.1 Å². The molecule has 0 bridgehead atoms. The Morgan fingerprint density at radius 2 is 0.789 bits per heavy atom. The van der Waals surface area contributed by atoms with Crippen molar-refractivity contribution in [2.24, 2.45) is 11.5 Å². The lowest BCUT2D eigenvalue weighted by molar-refractivity contribution is -0.141. The third kappa shape index (κ3) is 24.5. The number of carbonyl (C=O) groups excluding carboxylic acids is 12. The quantitative estimate of drug-likeness (QED) is 0.0122. The Morgan fingerprint density at radius 1 is 0.450 bits per heavy atom. The predicted octanol–water partition coefficient (Wildman–Crippen LogP) is -0.0132. The maximum atomic E-state index is 15.0. The molecule has 0 aromatic heterocycles. The fourth-order valence-corrected chi connectivity index (χ4v) is 13.3. The average molecular weight is 1500 g/mol. The number of likely N-dealkylation sites (N-methyl/N-ethyl adjacent to an activating group) is 2. The molecule has 2 saturated heterocycles. The molecule has 32 heteroatoms. The maximum absolute atomic E-state index is 15.0. The van der Waals surface area contributed by atoms with Gasteiger partial charge in [-0.15, -0.1) is 0 Å². The largest absolute Gasteiger partial charge is 0.508 e. The van der Waals surface area contributed by atoms with Gasteiger partial charge in [-0.1, -0.05) is 109 Å². The molecule has 2 heterocycles. The number of phenols is 2. The molecular formula is C77H98N18O14. The molecule has 32 nitrogen and oxygen atoms in total. The van der Waals surface area contributed by atoms with Crippen LogP contribution in [0.15, 0.2) is 133 Å². The van der Waals surface area contributed by atoms with Crippen molar-refractivity contribution < 1.29 is 67.7 Å². The number of hydrogen-bond acceptors (Lipinski definition) is 18. The molecule has 8 atom stereocenters. The molecule has 2 fully saturated rings. The van der Waals surface area contributed by atoms with Gasteiger partial charge in [0.05, 0.1) is 25.2 Å². The van der Waals surface area contributed by atoms with Crippen molar-refractivity contribution in [3.05, 3.63) is 156 Å².